The topological polar surface area (TPSA) is 78.5 Å². The molecule has 0 spiro atoms. The first kappa shape index (κ1) is 22.3. The van der Waals surface area contributed by atoms with E-state index >= 15 is 0 Å². The number of anilines is 3. The molecule has 0 aliphatic carbocycles. The van der Waals surface area contributed by atoms with Crippen LogP contribution in [0.25, 0.3) is 5.57 Å². The number of carbonyl (C=O) groups is 3. The summed E-state index contributed by atoms with van der Waals surface area (Å²) in [5.74, 6) is -1.07. The van der Waals surface area contributed by atoms with E-state index in [1.807, 2.05) is 38.1 Å². The highest BCUT2D eigenvalue weighted by atomic mass is 35.5. The van der Waals surface area contributed by atoms with Crippen molar-refractivity contribution in [1.82, 2.24) is 0 Å². The minimum atomic E-state index is -0.466. The Morgan fingerprint density at radius 2 is 1.48 bits per heavy atom. The number of imide groups is 1. The van der Waals surface area contributed by atoms with Gasteiger partial charge in [0.25, 0.3) is 11.8 Å². The Labute approximate surface area is 196 Å². The molecule has 0 saturated heterocycles. The van der Waals surface area contributed by atoms with E-state index in [0.29, 0.717) is 27.6 Å². The van der Waals surface area contributed by atoms with E-state index in [4.69, 9.17) is 11.6 Å². The van der Waals surface area contributed by atoms with Gasteiger partial charge >= 0.3 is 0 Å². The van der Waals surface area contributed by atoms with Crippen molar-refractivity contribution in [3.8, 4) is 0 Å². The highest BCUT2D eigenvalue weighted by Crippen LogP contribution is 2.36. The summed E-state index contributed by atoms with van der Waals surface area (Å²) in [7, 11) is 0. The minimum Gasteiger partial charge on any atom is -0.350 e. The molecule has 2 N–H and O–H groups in total. The molecule has 0 fully saturated rings. The van der Waals surface area contributed by atoms with Crippen LogP contribution in [0, 0.1) is 13.8 Å². The first-order valence-corrected chi connectivity index (χ1v) is 10.7. The molecule has 0 radical (unpaired) electrons. The van der Waals surface area contributed by atoms with Crippen molar-refractivity contribution < 1.29 is 14.4 Å². The van der Waals surface area contributed by atoms with E-state index in [9.17, 15) is 14.4 Å². The number of nitrogens with zero attached hydrogens (tertiary/aromatic N) is 1. The van der Waals surface area contributed by atoms with Crippen LogP contribution in [-0.4, -0.2) is 17.7 Å². The fourth-order valence-electron chi connectivity index (χ4n) is 3.66. The van der Waals surface area contributed by atoms with E-state index in [1.165, 1.54) is 6.92 Å². The van der Waals surface area contributed by atoms with E-state index in [1.54, 1.807) is 42.5 Å². The summed E-state index contributed by atoms with van der Waals surface area (Å²) in [5, 5.41) is 6.25. The summed E-state index contributed by atoms with van der Waals surface area (Å²) in [6.45, 7) is 5.21. The maximum absolute atomic E-state index is 13.6. The lowest BCUT2D eigenvalue weighted by Crippen LogP contribution is -2.33. The number of benzene rings is 3. The molecule has 0 atom stereocenters. The molecule has 4 rings (SSSR count). The average Bonchev–Trinajstić information content (AvgIpc) is 3.01. The Kier molecular flexibility index (Phi) is 6.03. The fraction of sp³-hybridized carbons (Fsp3) is 0.115. The van der Waals surface area contributed by atoms with E-state index in [2.05, 4.69) is 10.6 Å². The van der Waals surface area contributed by atoms with Gasteiger partial charge in [-0.1, -0.05) is 47.5 Å². The quantitative estimate of drug-likeness (QED) is 0.507. The molecule has 7 heteroatoms. The molecule has 1 heterocycles. The predicted octanol–water partition coefficient (Wildman–Crippen LogP) is 5.31. The van der Waals surface area contributed by atoms with Gasteiger partial charge in [-0.25, -0.2) is 4.90 Å². The molecule has 3 amide bonds. The van der Waals surface area contributed by atoms with Crippen LogP contribution in [0.1, 0.15) is 23.6 Å². The summed E-state index contributed by atoms with van der Waals surface area (Å²) in [6, 6.07) is 19.5. The number of amides is 3. The second-order valence-corrected chi connectivity index (χ2v) is 8.31. The summed E-state index contributed by atoms with van der Waals surface area (Å²) >= 11 is 6.17. The van der Waals surface area contributed by atoms with Crippen LogP contribution in [0.2, 0.25) is 5.02 Å². The highest BCUT2D eigenvalue weighted by molar-refractivity contribution is 6.46. The van der Waals surface area contributed by atoms with Gasteiger partial charge in [0.05, 0.1) is 11.3 Å². The lowest BCUT2D eigenvalue weighted by Gasteiger charge is -2.18. The maximum atomic E-state index is 13.6. The number of rotatable bonds is 5. The van der Waals surface area contributed by atoms with Crippen LogP contribution in [-0.2, 0) is 14.4 Å². The highest BCUT2D eigenvalue weighted by Gasteiger charge is 2.40. The lowest BCUT2D eigenvalue weighted by molar-refractivity contribution is -0.120. The van der Waals surface area contributed by atoms with Gasteiger partial charge in [0.1, 0.15) is 5.70 Å². The van der Waals surface area contributed by atoms with Gasteiger partial charge in [0.15, 0.2) is 0 Å². The minimum absolute atomic E-state index is 0.176. The molecule has 1 aliphatic rings. The molecule has 1 aliphatic heterocycles. The Morgan fingerprint density at radius 3 is 2.12 bits per heavy atom. The van der Waals surface area contributed by atoms with E-state index in [-0.39, 0.29) is 17.2 Å². The smallest absolute Gasteiger partial charge is 0.282 e. The van der Waals surface area contributed by atoms with Crippen molar-refractivity contribution in [3.63, 3.8) is 0 Å². The summed E-state index contributed by atoms with van der Waals surface area (Å²) in [4.78, 5) is 39.5. The van der Waals surface area contributed by atoms with Crippen LogP contribution in [0.5, 0.6) is 0 Å². The third kappa shape index (κ3) is 4.52. The van der Waals surface area contributed by atoms with Gasteiger partial charge < -0.3 is 10.6 Å². The maximum Gasteiger partial charge on any atom is 0.282 e. The molecule has 166 valence electrons. The number of aryl methyl sites for hydroxylation is 2. The molecule has 3 aromatic carbocycles. The Balaban J connectivity index is 1.77. The van der Waals surface area contributed by atoms with Crippen molar-refractivity contribution >= 4 is 52.0 Å². The first-order chi connectivity index (χ1) is 15.7. The molecule has 33 heavy (non-hydrogen) atoms. The monoisotopic (exact) mass is 459 g/mol. The summed E-state index contributed by atoms with van der Waals surface area (Å²) in [6.07, 6.45) is 0. The summed E-state index contributed by atoms with van der Waals surface area (Å²) < 4.78 is 0. The molecule has 0 aromatic heterocycles. The van der Waals surface area contributed by atoms with E-state index < -0.39 is 11.8 Å². The Morgan fingerprint density at radius 1 is 0.848 bits per heavy atom. The zero-order valence-corrected chi connectivity index (χ0v) is 19.2. The standard InChI is InChI=1S/C26H22ClN3O3/c1-15-4-7-18(8-5-15)23-24(29-21-12-10-20(11-13-21)28-17(3)31)26(33)30(25(23)32)22-14-19(27)9-6-16(22)2/h4-14,29H,1-3H3,(H,28,31). The second-order valence-electron chi connectivity index (χ2n) is 7.88. The second kappa shape index (κ2) is 8.92. The van der Waals surface area contributed by atoms with Crippen molar-refractivity contribution in [1.29, 1.82) is 0 Å². The zero-order chi connectivity index (χ0) is 23.7. The van der Waals surface area contributed by atoms with Gasteiger partial charge in [0.2, 0.25) is 5.91 Å². The largest absolute Gasteiger partial charge is 0.350 e. The molecule has 0 unspecified atom stereocenters. The zero-order valence-electron chi connectivity index (χ0n) is 18.4. The third-order valence-corrected chi connectivity index (χ3v) is 5.55. The van der Waals surface area contributed by atoms with Crippen LogP contribution in [0.4, 0.5) is 17.1 Å². The molecular formula is C26H22ClN3O3. The number of hydrogen-bond donors (Lipinski definition) is 2. The Hall–Kier alpha value is -3.90. The fourth-order valence-corrected chi connectivity index (χ4v) is 3.83. The molecule has 3 aromatic rings. The molecule has 6 nitrogen and oxygen atoms in total. The lowest BCUT2D eigenvalue weighted by atomic mass is 10.0. The van der Waals surface area contributed by atoms with Gasteiger partial charge in [-0.3, -0.25) is 14.4 Å². The predicted molar refractivity (Wildman–Crippen MR) is 131 cm³/mol. The van der Waals surface area contributed by atoms with E-state index in [0.717, 1.165) is 16.0 Å². The van der Waals surface area contributed by atoms with Crippen LogP contribution < -0.4 is 15.5 Å². The van der Waals surface area contributed by atoms with Gasteiger partial charge in [-0.15, -0.1) is 0 Å². The molecule has 0 saturated carbocycles. The van der Waals surface area contributed by atoms with Gasteiger partial charge in [-0.05, 0) is 61.4 Å². The van der Waals surface area contributed by atoms with Crippen molar-refractivity contribution in [2.75, 3.05) is 15.5 Å². The summed E-state index contributed by atoms with van der Waals surface area (Å²) in [5.41, 5.74) is 4.58. The van der Waals surface area contributed by atoms with Crippen LogP contribution >= 0.6 is 11.6 Å². The third-order valence-electron chi connectivity index (χ3n) is 5.31. The van der Waals surface area contributed by atoms with Crippen molar-refractivity contribution in [2.24, 2.45) is 0 Å². The average molecular weight is 460 g/mol. The van der Waals surface area contributed by atoms with Gasteiger partial charge in [-0.2, -0.15) is 0 Å². The number of nitrogens with one attached hydrogen (secondary N) is 2. The SMILES string of the molecule is CC(=O)Nc1ccc(NC2=C(c3ccc(C)cc3)C(=O)N(c3cc(Cl)ccc3C)C2=O)cc1. The molecular weight excluding hydrogens is 438 g/mol. The number of hydrogen-bond acceptors (Lipinski definition) is 4. The van der Waals surface area contributed by atoms with Crippen LogP contribution in [0.3, 0.4) is 0 Å². The van der Waals surface area contributed by atoms with Crippen LogP contribution in [0.15, 0.2) is 72.4 Å². The normalized spacial score (nSPS) is 13.5. The number of carbonyl (C=O) groups excluding carboxylic acids is 3. The first-order valence-electron chi connectivity index (χ1n) is 10.4. The van der Waals surface area contributed by atoms with Crippen molar-refractivity contribution in [2.45, 2.75) is 20.8 Å². The Bertz CT molecular complexity index is 1300. The van der Waals surface area contributed by atoms with Gasteiger partial charge in [0, 0.05) is 23.3 Å². The molecule has 0 bridgehead atoms. The number of halogens is 1. The van der Waals surface area contributed by atoms with Crippen molar-refractivity contribution in [3.05, 3.63) is 94.1 Å².